The molecule has 0 radical (unpaired) electrons. The molecule has 2 N–H and O–H groups in total. The van der Waals surface area contributed by atoms with Gasteiger partial charge < -0.3 is 20.3 Å². The van der Waals surface area contributed by atoms with Crippen LogP contribution in [0.3, 0.4) is 0 Å². The van der Waals surface area contributed by atoms with Gasteiger partial charge in [-0.3, -0.25) is 4.79 Å². The van der Waals surface area contributed by atoms with Crippen LogP contribution in [0.5, 0.6) is 5.75 Å². The highest BCUT2D eigenvalue weighted by Gasteiger charge is 2.01. The van der Waals surface area contributed by atoms with Gasteiger partial charge in [-0.05, 0) is 51.3 Å². The number of carbonyl (C=O) groups is 1. The highest BCUT2D eigenvalue weighted by molar-refractivity contribution is 5.77. The molecular weight excluding hydrogens is 254 g/mol. The summed E-state index contributed by atoms with van der Waals surface area (Å²) < 4.78 is 5.09. The van der Waals surface area contributed by atoms with Gasteiger partial charge in [0.05, 0.1) is 13.7 Å². The van der Waals surface area contributed by atoms with Crippen LogP contribution in [-0.2, 0) is 11.3 Å². The number of nitrogens with one attached hydrogen (secondary N) is 2. The molecule has 5 nitrogen and oxygen atoms in total. The molecule has 0 heterocycles. The van der Waals surface area contributed by atoms with E-state index in [-0.39, 0.29) is 5.91 Å². The van der Waals surface area contributed by atoms with Crippen molar-refractivity contribution in [3.63, 3.8) is 0 Å². The molecule has 0 spiro atoms. The Morgan fingerprint density at radius 3 is 2.55 bits per heavy atom. The number of ether oxygens (including phenoxy) is 1. The first-order valence-electron chi connectivity index (χ1n) is 6.87. The van der Waals surface area contributed by atoms with E-state index in [9.17, 15) is 4.79 Å². The van der Waals surface area contributed by atoms with E-state index >= 15 is 0 Å². The molecule has 0 saturated heterocycles. The molecule has 0 atom stereocenters. The van der Waals surface area contributed by atoms with Crippen LogP contribution in [0.2, 0.25) is 0 Å². The zero-order valence-corrected chi connectivity index (χ0v) is 12.6. The minimum absolute atomic E-state index is 0.0191. The fourth-order valence-electron chi connectivity index (χ4n) is 1.73. The fraction of sp³-hybridized carbons (Fsp3) is 0.533. The van der Waals surface area contributed by atoms with Crippen LogP contribution in [0, 0.1) is 0 Å². The van der Waals surface area contributed by atoms with Crippen molar-refractivity contribution < 1.29 is 9.53 Å². The Labute approximate surface area is 121 Å². The highest BCUT2D eigenvalue weighted by atomic mass is 16.5. The summed E-state index contributed by atoms with van der Waals surface area (Å²) in [5.41, 5.74) is 1.06. The van der Waals surface area contributed by atoms with E-state index in [0.29, 0.717) is 13.1 Å². The Morgan fingerprint density at radius 1 is 1.25 bits per heavy atom. The van der Waals surface area contributed by atoms with E-state index in [2.05, 4.69) is 15.5 Å². The highest BCUT2D eigenvalue weighted by Crippen LogP contribution is 2.10. The Morgan fingerprint density at radius 2 is 1.95 bits per heavy atom. The summed E-state index contributed by atoms with van der Waals surface area (Å²) in [5, 5.41) is 6.02. The van der Waals surface area contributed by atoms with E-state index in [0.717, 1.165) is 30.8 Å². The van der Waals surface area contributed by atoms with E-state index in [1.807, 2.05) is 38.4 Å². The molecule has 1 rings (SSSR count). The van der Waals surface area contributed by atoms with Crippen molar-refractivity contribution in [2.24, 2.45) is 0 Å². The van der Waals surface area contributed by atoms with Crippen molar-refractivity contribution in [3.05, 3.63) is 29.8 Å². The zero-order chi connectivity index (χ0) is 14.8. The lowest BCUT2D eigenvalue weighted by molar-refractivity contribution is -0.120. The first-order chi connectivity index (χ1) is 9.61. The second-order valence-electron chi connectivity index (χ2n) is 4.96. The molecule has 0 aliphatic rings. The maximum atomic E-state index is 11.6. The van der Waals surface area contributed by atoms with Crippen molar-refractivity contribution in [1.82, 2.24) is 15.5 Å². The summed E-state index contributed by atoms with van der Waals surface area (Å²) in [6, 6.07) is 7.68. The summed E-state index contributed by atoms with van der Waals surface area (Å²) in [6.07, 6.45) is 1.04. The molecule has 0 saturated carbocycles. The van der Waals surface area contributed by atoms with Crippen LogP contribution in [-0.4, -0.2) is 51.6 Å². The number of hydrogen-bond donors (Lipinski definition) is 2. The van der Waals surface area contributed by atoms with E-state index in [4.69, 9.17) is 4.74 Å². The third kappa shape index (κ3) is 7.11. The Bertz CT molecular complexity index is 391. The van der Waals surface area contributed by atoms with Gasteiger partial charge in [0.2, 0.25) is 5.91 Å². The van der Waals surface area contributed by atoms with Crippen LogP contribution < -0.4 is 15.4 Å². The molecule has 20 heavy (non-hydrogen) atoms. The number of nitrogens with zero attached hydrogens (tertiary/aromatic N) is 1. The largest absolute Gasteiger partial charge is 0.497 e. The number of methoxy groups -OCH3 is 1. The van der Waals surface area contributed by atoms with Gasteiger partial charge in [0.25, 0.3) is 0 Å². The van der Waals surface area contributed by atoms with Crippen LogP contribution in [0.15, 0.2) is 24.3 Å². The molecule has 5 heteroatoms. The first kappa shape index (κ1) is 16.5. The van der Waals surface area contributed by atoms with Crippen molar-refractivity contribution in [2.75, 3.05) is 40.8 Å². The van der Waals surface area contributed by atoms with Crippen molar-refractivity contribution >= 4 is 5.91 Å². The van der Waals surface area contributed by atoms with E-state index in [1.54, 1.807) is 7.11 Å². The Balaban J connectivity index is 2.13. The monoisotopic (exact) mass is 279 g/mol. The van der Waals surface area contributed by atoms with Gasteiger partial charge in [-0.1, -0.05) is 12.1 Å². The predicted octanol–water partition coefficient (Wildman–Crippen LogP) is 0.853. The van der Waals surface area contributed by atoms with Gasteiger partial charge in [0.15, 0.2) is 0 Å². The minimum Gasteiger partial charge on any atom is -0.497 e. The number of rotatable bonds is 9. The second-order valence-corrected chi connectivity index (χ2v) is 4.96. The van der Waals surface area contributed by atoms with E-state index in [1.165, 1.54) is 0 Å². The Kier molecular flexibility index (Phi) is 7.69. The average molecular weight is 279 g/mol. The van der Waals surface area contributed by atoms with Gasteiger partial charge in [0, 0.05) is 6.54 Å². The molecular formula is C15H25N3O2. The Hall–Kier alpha value is -1.59. The topological polar surface area (TPSA) is 53.6 Å². The summed E-state index contributed by atoms with van der Waals surface area (Å²) >= 11 is 0. The van der Waals surface area contributed by atoms with Crippen molar-refractivity contribution in [3.8, 4) is 5.75 Å². The van der Waals surface area contributed by atoms with Gasteiger partial charge in [-0.25, -0.2) is 0 Å². The molecule has 0 fully saturated rings. The van der Waals surface area contributed by atoms with Gasteiger partial charge in [-0.15, -0.1) is 0 Å². The predicted molar refractivity (Wildman–Crippen MR) is 80.9 cm³/mol. The molecule has 0 aromatic heterocycles. The molecule has 0 unspecified atom stereocenters. The lowest BCUT2D eigenvalue weighted by Gasteiger charge is -2.10. The molecule has 1 aromatic rings. The normalized spacial score (nSPS) is 10.6. The minimum atomic E-state index is 0.0191. The smallest absolute Gasteiger partial charge is 0.234 e. The third-order valence-corrected chi connectivity index (χ3v) is 2.89. The van der Waals surface area contributed by atoms with Gasteiger partial charge in [0.1, 0.15) is 5.75 Å². The third-order valence-electron chi connectivity index (χ3n) is 2.89. The maximum Gasteiger partial charge on any atom is 0.234 e. The van der Waals surface area contributed by atoms with Gasteiger partial charge in [-0.2, -0.15) is 0 Å². The number of hydrogen-bond acceptors (Lipinski definition) is 4. The first-order valence-corrected chi connectivity index (χ1v) is 6.87. The molecule has 0 aliphatic heterocycles. The molecule has 112 valence electrons. The summed E-state index contributed by atoms with van der Waals surface area (Å²) in [7, 11) is 5.72. The summed E-state index contributed by atoms with van der Waals surface area (Å²) in [5.74, 6) is 0.841. The van der Waals surface area contributed by atoms with E-state index < -0.39 is 0 Å². The van der Waals surface area contributed by atoms with Crippen LogP contribution in [0.1, 0.15) is 12.0 Å². The van der Waals surface area contributed by atoms with Crippen molar-refractivity contribution in [1.29, 1.82) is 0 Å². The quantitative estimate of drug-likeness (QED) is 0.658. The molecule has 0 aliphatic carbocycles. The summed E-state index contributed by atoms with van der Waals surface area (Å²) in [6.45, 7) is 2.79. The van der Waals surface area contributed by atoms with Gasteiger partial charge >= 0.3 is 0 Å². The number of benzene rings is 1. The lowest BCUT2D eigenvalue weighted by atomic mass is 10.2. The summed E-state index contributed by atoms with van der Waals surface area (Å²) in [4.78, 5) is 13.8. The SMILES string of the molecule is COc1ccc(CNC(=O)CNCCCN(C)C)cc1. The second kappa shape index (κ2) is 9.34. The van der Waals surface area contributed by atoms with Crippen LogP contribution >= 0.6 is 0 Å². The molecule has 1 amide bonds. The maximum absolute atomic E-state index is 11.6. The molecule has 0 bridgehead atoms. The standard InChI is InChI=1S/C15H25N3O2/c1-18(2)10-4-9-16-12-15(19)17-11-13-5-7-14(20-3)8-6-13/h5-8,16H,4,9-12H2,1-3H3,(H,17,19). The van der Waals surface area contributed by atoms with Crippen molar-refractivity contribution in [2.45, 2.75) is 13.0 Å². The average Bonchev–Trinajstić information content (AvgIpc) is 2.45. The number of carbonyl (C=O) groups excluding carboxylic acids is 1. The van der Waals surface area contributed by atoms with Crippen LogP contribution in [0.25, 0.3) is 0 Å². The van der Waals surface area contributed by atoms with Crippen LogP contribution in [0.4, 0.5) is 0 Å². The zero-order valence-electron chi connectivity index (χ0n) is 12.6. The fourth-order valence-corrected chi connectivity index (χ4v) is 1.73. The molecule has 1 aromatic carbocycles. The number of amides is 1. The lowest BCUT2D eigenvalue weighted by Crippen LogP contribution is -2.34.